The lowest BCUT2D eigenvalue weighted by Crippen LogP contribution is -2.40. The second kappa shape index (κ2) is 10.2. The number of carbonyl (C=O) groups is 2. The zero-order valence-corrected chi connectivity index (χ0v) is 20.0. The molecule has 0 bridgehead atoms. The van der Waals surface area contributed by atoms with E-state index in [1.165, 1.54) is 11.3 Å². The third-order valence-electron chi connectivity index (χ3n) is 5.04. The number of carboxylic acids is 1. The van der Waals surface area contributed by atoms with Crippen molar-refractivity contribution in [3.63, 3.8) is 0 Å². The van der Waals surface area contributed by atoms with Gasteiger partial charge in [-0.05, 0) is 30.3 Å². The number of carbonyl (C=O) groups excluding carboxylic acids is 1. The number of aliphatic carboxylic acids is 1. The Hall–Kier alpha value is -2.52. The molecule has 4 rings (SSSR count). The molecule has 0 saturated heterocycles. The first-order valence-electron chi connectivity index (χ1n) is 9.77. The summed E-state index contributed by atoms with van der Waals surface area (Å²) in [5, 5.41) is 10.4. The number of halogens is 3. The number of hydrogen-bond donors (Lipinski definition) is 1. The summed E-state index contributed by atoms with van der Waals surface area (Å²) in [6.07, 6.45) is -0.00731. The molecule has 2 heterocycles. The molecule has 0 saturated carbocycles. The first-order chi connectivity index (χ1) is 15.8. The molecule has 0 fully saturated rings. The molecule has 1 atom stereocenters. The number of hydrogen-bond acceptors (Lipinski definition) is 6. The lowest BCUT2D eigenvalue weighted by molar-refractivity contribution is -0.139. The Labute approximate surface area is 208 Å². The van der Waals surface area contributed by atoms with Gasteiger partial charge >= 0.3 is 12.1 Å². The third-order valence-corrected chi connectivity index (χ3v) is 6.79. The summed E-state index contributed by atoms with van der Waals surface area (Å²) >= 11 is 19.8. The lowest BCUT2D eigenvalue weighted by atomic mass is 9.97. The van der Waals surface area contributed by atoms with E-state index in [0.29, 0.717) is 44.9 Å². The Morgan fingerprint density at radius 2 is 1.91 bits per heavy atom. The van der Waals surface area contributed by atoms with Crippen LogP contribution in [-0.4, -0.2) is 40.2 Å². The maximum Gasteiger partial charge on any atom is 0.410 e. The number of ether oxygens (including phenoxy) is 2. The average Bonchev–Trinajstić information content (AvgIpc) is 3.25. The van der Waals surface area contributed by atoms with Crippen LogP contribution in [0.15, 0.2) is 41.9 Å². The van der Waals surface area contributed by atoms with Crippen LogP contribution in [0.25, 0.3) is 0 Å². The molecule has 2 aromatic carbocycles. The summed E-state index contributed by atoms with van der Waals surface area (Å²) in [5.74, 6) is -0.805. The van der Waals surface area contributed by atoms with E-state index >= 15 is 0 Å². The van der Waals surface area contributed by atoms with Crippen molar-refractivity contribution in [1.29, 1.82) is 0 Å². The van der Waals surface area contributed by atoms with Gasteiger partial charge in [-0.25, -0.2) is 14.6 Å². The standard InChI is InChI=1S/C22H17Cl3N2O5S/c23-13-3-4-18(31-10-19(28)29)15(7-13)20-21-17(26-11-33-21)5-6-27(20)22(30)32-9-12-1-2-14(24)8-16(12)25/h1-4,7-8,11,20H,5-6,9-10H2,(H,28,29). The number of amides is 1. The minimum Gasteiger partial charge on any atom is -0.482 e. The van der Waals surface area contributed by atoms with Gasteiger partial charge in [0.25, 0.3) is 0 Å². The molecule has 33 heavy (non-hydrogen) atoms. The predicted molar refractivity (Wildman–Crippen MR) is 126 cm³/mol. The van der Waals surface area contributed by atoms with Crippen LogP contribution < -0.4 is 4.74 Å². The van der Waals surface area contributed by atoms with Gasteiger partial charge in [-0.3, -0.25) is 4.90 Å². The van der Waals surface area contributed by atoms with E-state index in [2.05, 4.69) is 4.98 Å². The van der Waals surface area contributed by atoms with Gasteiger partial charge in [0.05, 0.1) is 16.1 Å². The number of nitrogens with zero attached hydrogens (tertiary/aromatic N) is 2. The van der Waals surface area contributed by atoms with Crippen LogP contribution in [0.1, 0.15) is 27.7 Å². The highest BCUT2D eigenvalue weighted by molar-refractivity contribution is 7.09. The van der Waals surface area contributed by atoms with Crippen LogP contribution in [-0.2, 0) is 22.6 Å². The summed E-state index contributed by atoms with van der Waals surface area (Å²) in [5.41, 5.74) is 3.74. The van der Waals surface area contributed by atoms with Crippen molar-refractivity contribution in [2.45, 2.75) is 19.1 Å². The minimum absolute atomic E-state index is 0.0362. The van der Waals surface area contributed by atoms with Crippen LogP contribution in [0.4, 0.5) is 4.79 Å². The van der Waals surface area contributed by atoms with Gasteiger partial charge in [-0.15, -0.1) is 11.3 Å². The van der Waals surface area contributed by atoms with Gasteiger partial charge < -0.3 is 14.6 Å². The van der Waals surface area contributed by atoms with E-state index in [9.17, 15) is 9.59 Å². The van der Waals surface area contributed by atoms with Crippen molar-refractivity contribution >= 4 is 58.2 Å². The summed E-state index contributed by atoms with van der Waals surface area (Å²) < 4.78 is 11.1. The molecule has 1 aliphatic heterocycles. The summed E-state index contributed by atoms with van der Waals surface area (Å²) in [4.78, 5) is 31.0. The van der Waals surface area contributed by atoms with Gasteiger partial charge in [0, 0.05) is 39.2 Å². The monoisotopic (exact) mass is 526 g/mol. The fourth-order valence-electron chi connectivity index (χ4n) is 3.56. The zero-order valence-electron chi connectivity index (χ0n) is 17.0. The first kappa shape index (κ1) is 23.6. The fraction of sp³-hybridized carbons (Fsp3) is 0.227. The van der Waals surface area contributed by atoms with Crippen LogP contribution in [0, 0.1) is 0 Å². The van der Waals surface area contributed by atoms with Crippen molar-refractivity contribution < 1.29 is 24.2 Å². The fourth-order valence-corrected chi connectivity index (χ4v) is 5.17. The number of rotatable bonds is 6. The number of benzene rings is 2. The minimum atomic E-state index is -1.12. The quantitative estimate of drug-likeness (QED) is 0.432. The normalized spacial score (nSPS) is 15.1. The molecular weight excluding hydrogens is 511 g/mol. The van der Waals surface area contributed by atoms with Gasteiger partial charge in [0.2, 0.25) is 0 Å². The van der Waals surface area contributed by atoms with Gasteiger partial charge in [0.15, 0.2) is 6.61 Å². The van der Waals surface area contributed by atoms with Crippen molar-refractivity contribution in [1.82, 2.24) is 9.88 Å². The Bertz CT molecular complexity index is 1200. The number of carboxylic acid groups (broad SMARTS) is 1. The predicted octanol–water partition coefficient (Wildman–Crippen LogP) is 5.85. The molecule has 0 spiro atoms. The highest BCUT2D eigenvalue weighted by Crippen LogP contribution is 2.42. The van der Waals surface area contributed by atoms with E-state index < -0.39 is 24.7 Å². The Kier molecular flexibility index (Phi) is 7.29. The maximum atomic E-state index is 13.2. The van der Waals surface area contributed by atoms with E-state index in [1.807, 2.05) is 0 Å². The molecule has 3 aromatic rings. The number of fused-ring (bicyclic) bond motifs is 1. The molecule has 11 heteroatoms. The van der Waals surface area contributed by atoms with Crippen LogP contribution >= 0.6 is 46.1 Å². The van der Waals surface area contributed by atoms with Gasteiger partial charge in [-0.2, -0.15) is 0 Å². The lowest BCUT2D eigenvalue weighted by Gasteiger charge is -2.35. The van der Waals surface area contributed by atoms with E-state index in [-0.39, 0.29) is 6.61 Å². The first-order valence-corrected chi connectivity index (χ1v) is 11.8. The van der Waals surface area contributed by atoms with E-state index in [1.54, 1.807) is 46.8 Å². The van der Waals surface area contributed by atoms with Crippen LogP contribution in [0.5, 0.6) is 5.75 Å². The third kappa shape index (κ3) is 5.35. The highest BCUT2D eigenvalue weighted by atomic mass is 35.5. The molecule has 1 amide bonds. The molecule has 1 aliphatic rings. The topological polar surface area (TPSA) is 89.0 Å². The Balaban J connectivity index is 1.65. The highest BCUT2D eigenvalue weighted by Gasteiger charge is 2.37. The molecule has 0 radical (unpaired) electrons. The SMILES string of the molecule is O=C(O)COc1ccc(Cl)cc1C1c2scnc2CCN1C(=O)OCc1ccc(Cl)cc1Cl. The largest absolute Gasteiger partial charge is 0.482 e. The zero-order chi connectivity index (χ0) is 23.5. The van der Waals surface area contributed by atoms with Crippen molar-refractivity contribution in [3.05, 3.63) is 78.7 Å². The number of thiazole rings is 1. The van der Waals surface area contributed by atoms with Gasteiger partial charge in [-0.1, -0.05) is 40.9 Å². The molecule has 7 nitrogen and oxygen atoms in total. The summed E-state index contributed by atoms with van der Waals surface area (Å²) in [6, 6.07) is 9.20. The summed E-state index contributed by atoms with van der Waals surface area (Å²) in [6.45, 7) is -0.221. The van der Waals surface area contributed by atoms with Crippen molar-refractivity contribution in [3.8, 4) is 5.75 Å². The Morgan fingerprint density at radius 1 is 1.15 bits per heavy atom. The smallest absolute Gasteiger partial charge is 0.410 e. The maximum absolute atomic E-state index is 13.2. The second-order valence-electron chi connectivity index (χ2n) is 7.16. The number of aromatic nitrogens is 1. The van der Waals surface area contributed by atoms with E-state index in [0.717, 1.165) is 10.6 Å². The molecule has 0 aliphatic carbocycles. The van der Waals surface area contributed by atoms with Crippen molar-refractivity contribution in [2.24, 2.45) is 0 Å². The second-order valence-corrected chi connectivity index (χ2v) is 9.33. The average molecular weight is 528 g/mol. The molecular formula is C22H17Cl3N2O5S. The molecule has 1 N–H and O–H groups in total. The van der Waals surface area contributed by atoms with Crippen LogP contribution in [0.2, 0.25) is 15.1 Å². The van der Waals surface area contributed by atoms with Crippen molar-refractivity contribution in [2.75, 3.05) is 13.2 Å². The molecule has 1 aromatic heterocycles. The molecule has 1 unspecified atom stereocenters. The Morgan fingerprint density at radius 3 is 2.67 bits per heavy atom. The van der Waals surface area contributed by atoms with Crippen LogP contribution in [0.3, 0.4) is 0 Å². The summed E-state index contributed by atoms with van der Waals surface area (Å²) in [7, 11) is 0. The molecule has 172 valence electrons. The van der Waals surface area contributed by atoms with E-state index in [4.69, 9.17) is 49.4 Å². The van der Waals surface area contributed by atoms with Gasteiger partial charge in [0.1, 0.15) is 18.4 Å².